The molecule has 1 aromatic rings. The Hall–Kier alpha value is -1.13. The number of amides is 1. The van der Waals surface area contributed by atoms with Crippen LogP contribution in [0.15, 0.2) is 18.2 Å². The van der Waals surface area contributed by atoms with E-state index in [-0.39, 0.29) is 30.0 Å². The number of rotatable bonds is 4. The predicted molar refractivity (Wildman–Crippen MR) is 68.5 cm³/mol. The van der Waals surface area contributed by atoms with E-state index < -0.39 is 0 Å². The van der Waals surface area contributed by atoms with E-state index in [9.17, 15) is 9.18 Å². The van der Waals surface area contributed by atoms with Gasteiger partial charge in [0, 0.05) is 19.0 Å². The van der Waals surface area contributed by atoms with E-state index in [4.69, 9.17) is 5.73 Å². The zero-order valence-corrected chi connectivity index (χ0v) is 10.8. The Morgan fingerprint density at radius 2 is 2.18 bits per heavy atom. The van der Waals surface area contributed by atoms with Crippen LogP contribution in [0.3, 0.4) is 0 Å². The summed E-state index contributed by atoms with van der Waals surface area (Å²) in [5, 5.41) is 2.71. The molecule has 0 saturated heterocycles. The highest BCUT2D eigenvalue weighted by molar-refractivity contribution is 5.85. The van der Waals surface area contributed by atoms with E-state index in [1.54, 1.807) is 26.0 Å². The van der Waals surface area contributed by atoms with Gasteiger partial charge in [-0.15, -0.1) is 12.4 Å². The van der Waals surface area contributed by atoms with Crippen LogP contribution in [-0.2, 0) is 11.3 Å². The Morgan fingerprint density at radius 1 is 1.53 bits per heavy atom. The van der Waals surface area contributed by atoms with Crippen molar-refractivity contribution in [3.8, 4) is 0 Å². The van der Waals surface area contributed by atoms with E-state index in [2.05, 4.69) is 5.32 Å². The third-order valence-corrected chi connectivity index (χ3v) is 2.50. The van der Waals surface area contributed by atoms with Gasteiger partial charge in [-0.05, 0) is 24.1 Å². The minimum atomic E-state index is -0.251. The van der Waals surface area contributed by atoms with Gasteiger partial charge in [-0.2, -0.15) is 0 Å². The van der Waals surface area contributed by atoms with Crippen LogP contribution < -0.4 is 11.1 Å². The molecule has 0 aromatic heterocycles. The summed E-state index contributed by atoms with van der Waals surface area (Å²) in [6.07, 6.45) is 0. The van der Waals surface area contributed by atoms with Gasteiger partial charge in [0.15, 0.2) is 0 Å². The van der Waals surface area contributed by atoms with Crippen molar-refractivity contribution in [3.63, 3.8) is 0 Å². The van der Waals surface area contributed by atoms with Crippen LogP contribution in [0.2, 0.25) is 0 Å². The van der Waals surface area contributed by atoms with Gasteiger partial charge in [0.1, 0.15) is 5.82 Å². The molecule has 1 aromatic carbocycles. The Balaban J connectivity index is 0.00000256. The molecule has 5 heteroatoms. The summed E-state index contributed by atoms with van der Waals surface area (Å²) in [6.45, 7) is 4.10. The first-order chi connectivity index (χ1) is 7.54. The number of aryl methyl sites for hydroxylation is 1. The molecule has 0 aliphatic carbocycles. The van der Waals surface area contributed by atoms with E-state index >= 15 is 0 Å². The molecule has 0 fully saturated rings. The second-order valence-electron chi connectivity index (χ2n) is 3.94. The number of hydrogen-bond donors (Lipinski definition) is 2. The van der Waals surface area contributed by atoms with E-state index in [1.807, 2.05) is 0 Å². The fraction of sp³-hybridized carbons (Fsp3) is 0.417. The van der Waals surface area contributed by atoms with Crippen molar-refractivity contribution in [1.29, 1.82) is 0 Å². The molecule has 0 spiro atoms. The number of carbonyl (C=O) groups is 1. The highest BCUT2D eigenvalue weighted by atomic mass is 35.5. The molecule has 0 bridgehead atoms. The quantitative estimate of drug-likeness (QED) is 0.867. The fourth-order valence-electron chi connectivity index (χ4n) is 1.22. The van der Waals surface area contributed by atoms with E-state index in [1.165, 1.54) is 6.07 Å². The molecule has 0 radical (unpaired) electrons. The average Bonchev–Trinajstić information content (AvgIpc) is 2.29. The van der Waals surface area contributed by atoms with Crippen LogP contribution in [0.4, 0.5) is 4.39 Å². The number of halogens is 2. The molecule has 0 heterocycles. The van der Waals surface area contributed by atoms with Crippen molar-refractivity contribution in [2.45, 2.75) is 20.4 Å². The molecule has 1 atom stereocenters. The summed E-state index contributed by atoms with van der Waals surface area (Å²) in [6, 6.07) is 4.93. The molecule has 0 aliphatic heterocycles. The van der Waals surface area contributed by atoms with Gasteiger partial charge in [-0.25, -0.2) is 4.39 Å². The summed E-state index contributed by atoms with van der Waals surface area (Å²) in [4.78, 5) is 11.4. The van der Waals surface area contributed by atoms with Gasteiger partial charge in [0.25, 0.3) is 0 Å². The third-order valence-electron chi connectivity index (χ3n) is 2.50. The number of benzene rings is 1. The average molecular weight is 261 g/mol. The Labute approximate surface area is 107 Å². The zero-order chi connectivity index (χ0) is 12.1. The first-order valence-corrected chi connectivity index (χ1v) is 5.27. The van der Waals surface area contributed by atoms with Crippen LogP contribution in [0.25, 0.3) is 0 Å². The van der Waals surface area contributed by atoms with Gasteiger partial charge in [0.2, 0.25) is 5.91 Å². The van der Waals surface area contributed by atoms with E-state index in [0.29, 0.717) is 18.7 Å². The maximum absolute atomic E-state index is 13.2. The normalized spacial score (nSPS) is 11.5. The van der Waals surface area contributed by atoms with Crippen LogP contribution in [0.1, 0.15) is 18.1 Å². The second kappa shape index (κ2) is 7.25. The first kappa shape index (κ1) is 15.9. The monoisotopic (exact) mass is 260 g/mol. The van der Waals surface area contributed by atoms with Crippen LogP contribution in [0, 0.1) is 18.7 Å². The smallest absolute Gasteiger partial charge is 0.224 e. The lowest BCUT2D eigenvalue weighted by Crippen LogP contribution is -2.32. The molecule has 17 heavy (non-hydrogen) atoms. The number of nitrogens with two attached hydrogens (primary N) is 1. The minimum Gasteiger partial charge on any atom is -0.352 e. The number of carbonyl (C=O) groups excluding carboxylic acids is 1. The SMILES string of the molecule is Cc1ccc(CNC(=O)C(C)CN)cc1F.Cl. The van der Waals surface area contributed by atoms with Crippen molar-refractivity contribution >= 4 is 18.3 Å². The van der Waals surface area contributed by atoms with Crippen LogP contribution in [0.5, 0.6) is 0 Å². The van der Waals surface area contributed by atoms with Gasteiger partial charge in [-0.3, -0.25) is 4.79 Å². The zero-order valence-electron chi connectivity index (χ0n) is 10.00. The molecular weight excluding hydrogens is 243 g/mol. The predicted octanol–water partition coefficient (Wildman–Crippen LogP) is 1.77. The summed E-state index contributed by atoms with van der Waals surface area (Å²) in [5.41, 5.74) is 6.72. The highest BCUT2D eigenvalue weighted by Gasteiger charge is 2.10. The summed E-state index contributed by atoms with van der Waals surface area (Å²) >= 11 is 0. The maximum Gasteiger partial charge on any atom is 0.224 e. The Kier molecular flexibility index (Phi) is 6.76. The van der Waals surface area contributed by atoms with Crippen molar-refractivity contribution in [1.82, 2.24) is 5.32 Å². The number of hydrogen-bond acceptors (Lipinski definition) is 2. The topological polar surface area (TPSA) is 55.1 Å². The second-order valence-corrected chi connectivity index (χ2v) is 3.94. The van der Waals surface area contributed by atoms with Crippen LogP contribution >= 0.6 is 12.4 Å². The molecular formula is C12H18ClFN2O. The molecule has 3 nitrogen and oxygen atoms in total. The lowest BCUT2D eigenvalue weighted by molar-refractivity contribution is -0.124. The maximum atomic E-state index is 13.2. The summed E-state index contributed by atoms with van der Waals surface area (Å²) in [7, 11) is 0. The van der Waals surface area contributed by atoms with E-state index in [0.717, 1.165) is 5.56 Å². The van der Waals surface area contributed by atoms with Gasteiger partial charge in [-0.1, -0.05) is 19.1 Å². The molecule has 0 saturated carbocycles. The van der Waals surface area contributed by atoms with Gasteiger partial charge < -0.3 is 11.1 Å². The van der Waals surface area contributed by atoms with Crippen molar-refractivity contribution in [3.05, 3.63) is 35.1 Å². The fourth-order valence-corrected chi connectivity index (χ4v) is 1.22. The summed E-state index contributed by atoms with van der Waals surface area (Å²) in [5.74, 6) is -0.572. The molecule has 3 N–H and O–H groups in total. The highest BCUT2D eigenvalue weighted by Crippen LogP contribution is 2.09. The van der Waals surface area contributed by atoms with Crippen molar-refractivity contribution in [2.24, 2.45) is 11.7 Å². The molecule has 1 amide bonds. The standard InChI is InChI=1S/C12H17FN2O.ClH/c1-8-3-4-10(5-11(8)13)7-15-12(16)9(2)6-14;/h3-5,9H,6-7,14H2,1-2H3,(H,15,16);1H. The first-order valence-electron chi connectivity index (χ1n) is 5.27. The van der Waals surface area contributed by atoms with Crippen molar-refractivity contribution < 1.29 is 9.18 Å². The van der Waals surface area contributed by atoms with Crippen LogP contribution in [-0.4, -0.2) is 12.5 Å². The van der Waals surface area contributed by atoms with Gasteiger partial charge in [0.05, 0.1) is 0 Å². The Morgan fingerprint density at radius 3 is 2.71 bits per heavy atom. The Bertz CT molecular complexity index is 385. The lowest BCUT2D eigenvalue weighted by Gasteiger charge is -2.10. The molecule has 96 valence electrons. The lowest BCUT2D eigenvalue weighted by atomic mass is 10.1. The molecule has 0 aliphatic rings. The summed E-state index contributed by atoms with van der Waals surface area (Å²) < 4.78 is 13.2. The molecule has 1 rings (SSSR count). The third kappa shape index (κ3) is 4.71. The van der Waals surface area contributed by atoms with Gasteiger partial charge >= 0.3 is 0 Å². The van der Waals surface area contributed by atoms with Crippen molar-refractivity contribution in [2.75, 3.05) is 6.54 Å². The molecule has 1 unspecified atom stereocenters. The largest absolute Gasteiger partial charge is 0.352 e. The minimum absolute atomic E-state index is 0. The number of nitrogens with one attached hydrogen (secondary N) is 1.